The quantitative estimate of drug-likeness (QED) is 0.941. The van der Waals surface area contributed by atoms with E-state index in [0.29, 0.717) is 11.7 Å². The highest BCUT2D eigenvalue weighted by molar-refractivity contribution is 7.15. The molecule has 0 saturated heterocycles. The molecule has 2 heterocycles. The summed E-state index contributed by atoms with van der Waals surface area (Å²) in [6.07, 6.45) is -2.17. The molecule has 1 N–H and O–H groups in total. The molecule has 0 spiro atoms. The maximum atomic E-state index is 12.3. The number of aromatic nitrogens is 4. The van der Waals surface area contributed by atoms with Crippen molar-refractivity contribution in [1.82, 2.24) is 20.0 Å². The molecule has 2 aromatic heterocycles. The molecular weight excluding hydrogens is 303 g/mol. The number of hydrogen-bond donors (Lipinski definition) is 1. The lowest BCUT2D eigenvalue weighted by Gasteiger charge is -2.05. The standard InChI is InChI=1S/C12H14F3N5S/c1-20-9(7-3-2-4-8(7)19-20)6-16-11-18-17-10(21-11)5-12(13,14)15/h2-6H2,1H3,(H,16,18). The van der Waals surface area contributed by atoms with E-state index in [2.05, 4.69) is 20.6 Å². The number of nitrogens with one attached hydrogen (secondary N) is 1. The summed E-state index contributed by atoms with van der Waals surface area (Å²) >= 11 is 0.938. The molecular formula is C12H14F3N5S. The van der Waals surface area contributed by atoms with Crippen LogP contribution in [0.5, 0.6) is 0 Å². The minimum Gasteiger partial charge on any atom is -0.354 e. The van der Waals surface area contributed by atoms with Crippen LogP contribution >= 0.6 is 11.3 Å². The molecule has 0 fully saturated rings. The highest BCUT2D eigenvalue weighted by Crippen LogP contribution is 2.27. The highest BCUT2D eigenvalue weighted by atomic mass is 32.1. The second kappa shape index (κ2) is 5.28. The van der Waals surface area contributed by atoms with Gasteiger partial charge in [0.25, 0.3) is 0 Å². The molecule has 1 aliphatic rings. The van der Waals surface area contributed by atoms with Gasteiger partial charge in [-0.2, -0.15) is 18.3 Å². The van der Waals surface area contributed by atoms with Crippen LogP contribution in [0.2, 0.25) is 0 Å². The maximum absolute atomic E-state index is 12.3. The second-order valence-electron chi connectivity index (χ2n) is 5.00. The first kappa shape index (κ1) is 14.3. The fraction of sp³-hybridized carbons (Fsp3) is 0.583. The molecule has 0 aromatic carbocycles. The van der Waals surface area contributed by atoms with Crippen molar-refractivity contribution in [3.05, 3.63) is 22.0 Å². The molecule has 1 aliphatic carbocycles. The molecule has 0 atom stereocenters. The van der Waals surface area contributed by atoms with Crippen LogP contribution < -0.4 is 5.32 Å². The Morgan fingerprint density at radius 1 is 1.29 bits per heavy atom. The van der Waals surface area contributed by atoms with Gasteiger partial charge in [-0.3, -0.25) is 4.68 Å². The van der Waals surface area contributed by atoms with Crippen molar-refractivity contribution in [3.63, 3.8) is 0 Å². The number of fused-ring (bicyclic) bond motifs is 1. The summed E-state index contributed by atoms with van der Waals surface area (Å²) < 4.78 is 38.6. The molecule has 0 amide bonds. The summed E-state index contributed by atoms with van der Waals surface area (Å²) in [6, 6.07) is 0. The number of alkyl halides is 3. The number of halogens is 3. The molecule has 0 aliphatic heterocycles. The largest absolute Gasteiger partial charge is 0.395 e. The molecule has 9 heteroatoms. The number of aryl methyl sites for hydroxylation is 2. The van der Waals surface area contributed by atoms with Gasteiger partial charge in [0, 0.05) is 7.05 Å². The first-order valence-electron chi connectivity index (χ1n) is 6.59. The molecule has 0 saturated carbocycles. The Kier molecular flexibility index (Phi) is 3.60. The second-order valence-corrected chi connectivity index (χ2v) is 6.06. The smallest absolute Gasteiger partial charge is 0.354 e. The fourth-order valence-electron chi connectivity index (χ4n) is 2.53. The SMILES string of the molecule is Cn1nc2c(c1CNc1nnc(CC(F)(F)F)s1)CCC2. The van der Waals surface area contributed by atoms with Gasteiger partial charge < -0.3 is 5.32 Å². The van der Waals surface area contributed by atoms with Crippen molar-refractivity contribution >= 4 is 16.5 Å². The van der Waals surface area contributed by atoms with Gasteiger partial charge >= 0.3 is 6.18 Å². The van der Waals surface area contributed by atoms with E-state index in [-0.39, 0.29) is 5.01 Å². The van der Waals surface area contributed by atoms with E-state index in [1.807, 2.05) is 11.7 Å². The van der Waals surface area contributed by atoms with Crippen LogP contribution in [0.1, 0.15) is 28.4 Å². The van der Waals surface area contributed by atoms with Crippen LogP contribution in [0.25, 0.3) is 0 Å². The van der Waals surface area contributed by atoms with E-state index in [1.165, 1.54) is 5.56 Å². The van der Waals surface area contributed by atoms with Crippen LogP contribution in [0.3, 0.4) is 0 Å². The Morgan fingerprint density at radius 3 is 2.86 bits per heavy atom. The maximum Gasteiger partial charge on any atom is 0.395 e. The molecule has 2 aromatic rings. The lowest BCUT2D eigenvalue weighted by molar-refractivity contribution is -0.127. The minimum atomic E-state index is -4.25. The van der Waals surface area contributed by atoms with Crippen LogP contribution in [0.4, 0.5) is 18.3 Å². The summed E-state index contributed by atoms with van der Waals surface area (Å²) in [5, 5.41) is 15.2. The van der Waals surface area contributed by atoms with Gasteiger partial charge in [0.15, 0.2) is 0 Å². The highest BCUT2D eigenvalue weighted by Gasteiger charge is 2.30. The zero-order valence-corrected chi connectivity index (χ0v) is 12.2. The van der Waals surface area contributed by atoms with Crippen LogP contribution in [-0.2, 0) is 32.9 Å². The van der Waals surface area contributed by atoms with E-state index in [9.17, 15) is 13.2 Å². The Labute approximate surface area is 123 Å². The van der Waals surface area contributed by atoms with E-state index in [0.717, 1.165) is 42.0 Å². The van der Waals surface area contributed by atoms with Gasteiger partial charge in [0.1, 0.15) is 5.01 Å². The third-order valence-corrected chi connectivity index (χ3v) is 4.30. The van der Waals surface area contributed by atoms with Crippen molar-refractivity contribution in [3.8, 4) is 0 Å². The van der Waals surface area contributed by atoms with Crippen molar-refractivity contribution in [1.29, 1.82) is 0 Å². The number of hydrogen-bond acceptors (Lipinski definition) is 5. The lowest BCUT2D eigenvalue weighted by atomic mass is 10.2. The predicted octanol–water partition coefficient (Wildman–Crippen LogP) is 2.48. The summed E-state index contributed by atoms with van der Waals surface area (Å²) in [7, 11) is 1.88. The van der Waals surface area contributed by atoms with Gasteiger partial charge in [-0.1, -0.05) is 11.3 Å². The first-order valence-corrected chi connectivity index (χ1v) is 7.40. The lowest BCUT2D eigenvalue weighted by Crippen LogP contribution is -2.11. The fourth-order valence-corrected chi connectivity index (χ4v) is 3.30. The van der Waals surface area contributed by atoms with Crippen LogP contribution in [-0.4, -0.2) is 26.2 Å². The minimum absolute atomic E-state index is 0.0276. The number of rotatable bonds is 4. The molecule has 0 bridgehead atoms. The monoisotopic (exact) mass is 317 g/mol. The average molecular weight is 317 g/mol. The van der Waals surface area contributed by atoms with E-state index < -0.39 is 12.6 Å². The molecule has 3 rings (SSSR count). The Balaban J connectivity index is 1.66. The van der Waals surface area contributed by atoms with Crippen molar-refractivity contribution in [2.45, 2.75) is 38.4 Å². The third kappa shape index (κ3) is 3.17. The van der Waals surface area contributed by atoms with Gasteiger partial charge in [0.2, 0.25) is 5.13 Å². The van der Waals surface area contributed by atoms with Crippen LogP contribution in [0, 0.1) is 0 Å². The molecule has 114 valence electrons. The number of anilines is 1. The van der Waals surface area contributed by atoms with Gasteiger partial charge in [-0.05, 0) is 24.8 Å². The van der Waals surface area contributed by atoms with Crippen molar-refractivity contribution in [2.24, 2.45) is 7.05 Å². The molecule has 5 nitrogen and oxygen atoms in total. The van der Waals surface area contributed by atoms with Crippen molar-refractivity contribution < 1.29 is 13.2 Å². The summed E-state index contributed by atoms with van der Waals surface area (Å²) in [4.78, 5) is 0. The van der Waals surface area contributed by atoms with E-state index >= 15 is 0 Å². The van der Waals surface area contributed by atoms with Gasteiger partial charge in [-0.15, -0.1) is 10.2 Å². The molecule has 21 heavy (non-hydrogen) atoms. The summed E-state index contributed by atoms with van der Waals surface area (Å²) in [5.74, 6) is 0. The zero-order valence-electron chi connectivity index (χ0n) is 11.4. The number of nitrogens with zero attached hydrogens (tertiary/aromatic N) is 4. The molecule has 0 unspecified atom stereocenters. The predicted molar refractivity (Wildman–Crippen MR) is 72.2 cm³/mol. The first-order chi connectivity index (χ1) is 9.92. The normalized spacial score (nSPS) is 14.5. The Morgan fingerprint density at radius 2 is 2.10 bits per heavy atom. The van der Waals surface area contributed by atoms with Gasteiger partial charge in [0.05, 0.1) is 24.4 Å². The Hall–Kier alpha value is -1.64. The zero-order chi connectivity index (χ0) is 15.0. The Bertz CT molecular complexity index is 646. The van der Waals surface area contributed by atoms with E-state index in [4.69, 9.17) is 0 Å². The summed E-state index contributed by atoms with van der Waals surface area (Å²) in [5.41, 5.74) is 3.45. The van der Waals surface area contributed by atoms with Crippen molar-refractivity contribution in [2.75, 3.05) is 5.32 Å². The average Bonchev–Trinajstić information content (AvgIpc) is 3.02. The topological polar surface area (TPSA) is 55.6 Å². The van der Waals surface area contributed by atoms with Gasteiger partial charge in [-0.25, -0.2) is 0 Å². The summed E-state index contributed by atoms with van der Waals surface area (Å²) in [6.45, 7) is 0.499. The third-order valence-electron chi connectivity index (χ3n) is 3.42. The van der Waals surface area contributed by atoms with Crippen LogP contribution in [0.15, 0.2) is 0 Å². The van der Waals surface area contributed by atoms with E-state index in [1.54, 1.807) is 0 Å². The molecule has 0 radical (unpaired) electrons.